The van der Waals surface area contributed by atoms with Crippen molar-refractivity contribution in [3.05, 3.63) is 27.8 Å². The average molecular weight is 294 g/mol. The number of aromatic nitrogens is 3. The van der Waals surface area contributed by atoms with Crippen LogP contribution in [0.5, 0.6) is 0 Å². The van der Waals surface area contributed by atoms with E-state index in [1.54, 1.807) is 29.2 Å². The second-order valence-corrected chi connectivity index (χ2v) is 7.27. The molecule has 0 saturated heterocycles. The van der Waals surface area contributed by atoms with Crippen molar-refractivity contribution in [1.82, 2.24) is 15.0 Å². The molecule has 2 heterocycles. The highest BCUT2D eigenvalue weighted by atomic mass is 32.2. The molecule has 0 spiro atoms. The van der Waals surface area contributed by atoms with Crippen molar-refractivity contribution in [2.75, 3.05) is 5.73 Å². The van der Waals surface area contributed by atoms with Crippen molar-refractivity contribution in [1.29, 1.82) is 0 Å². The molecule has 0 fully saturated rings. The van der Waals surface area contributed by atoms with Crippen LogP contribution in [0.4, 0.5) is 5.82 Å². The van der Waals surface area contributed by atoms with Crippen LogP contribution in [0.1, 0.15) is 37.2 Å². The fourth-order valence-electron chi connectivity index (χ4n) is 1.48. The SMILES string of the molecule is Cc1cc(N)nc(SCc2nc(C(C)(C)C)cs2)n1. The maximum absolute atomic E-state index is 5.71. The van der Waals surface area contributed by atoms with Gasteiger partial charge in [0.05, 0.1) is 11.4 Å². The first-order valence-corrected chi connectivity index (χ1v) is 7.90. The van der Waals surface area contributed by atoms with E-state index in [2.05, 4.69) is 41.1 Å². The number of rotatable bonds is 3. The summed E-state index contributed by atoms with van der Waals surface area (Å²) >= 11 is 3.26. The van der Waals surface area contributed by atoms with E-state index in [4.69, 9.17) is 5.73 Å². The average Bonchev–Trinajstić information content (AvgIpc) is 2.73. The van der Waals surface area contributed by atoms with Gasteiger partial charge in [0, 0.05) is 22.6 Å². The van der Waals surface area contributed by atoms with Crippen LogP contribution >= 0.6 is 23.1 Å². The number of nitrogens with two attached hydrogens (primary N) is 1. The first-order chi connectivity index (χ1) is 8.84. The number of thioether (sulfide) groups is 1. The Balaban J connectivity index is 2.04. The largest absolute Gasteiger partial charge is 0.384 e. The van der Waals surface area contributed by atoms with Crippen molar-refractivity contribution in [3.8, 4) is 0 Å². The molecule has 102 valence electrons. The van der Waals surface area contributed by atoms with E-state index >= 15 is 0 Å². The lowest BCUT2D eigenvalue weighted by atomic mass is 9.93. The van der Waals surface area contributed by atoms with Gasteiger partial charge in [0.15, 0.2) is 5.16 Å². The van der Waals surface area contributed by atoms with Crippen molar-refractivity contribution in [3.63, 3.8) is 0 Å². The zero-order chi connectivity index (χ0) is 14.0. The number of hydrogen-bond donors (Lipinski definition) is 1. The summed E-state index contributed by atoms with van der Waals surface area (Å²) in [7, 11) is 0. The highest BCUT2D eigenvalue weighted by Gasteiger charge is 2.17. The number of aryl methyl sites for hydroxylation is 1. The quantitative estimate of drug-likeness (QED) is 0.694. The van der Waals surface area contributed by atoms with Crippen molar-refractivity contribution in [2.24, 2.45) is 0 Å². The molecule has 2 aromatic rings. The summed E-state index contributed by atoms with van der Waals surface area (Å²) in [6.45, 7) is 8.43. The molecular weight excluding hydrogens is 276 g/mol. The molecule has 0 atom stereocenters. The topological polar surface area (TPSA) is 64.7 Å². The molecule has 0 amide bonds. The monoisotopic (exact) mass is 294 g/mol. The summed E-state index contributed by atoms with van der Waals surface area (Å²) in [6, 6.07) is 1.77. The van der Waals surface area contributed by atoms with Gasteiger partial charge in [-0.15, -0.1) is 11.3 Å². The molecule has 0 saturated carbocycles. The number of nitrogen functional groups attached to an aromatic ring is 1. The minimum absolute atomic E-state index is 0.101. The lowest BCUT2D eigenvalue weighted by Crippen LogP contribution is -2.11. The first-order valence-electron chi connectivity index (χ1n) is 6.03. The third-order valence-electron chi connectivity index (χ3n) is 2.50. The Morgan fingerprint density at radius 2 is 2.00 bits per heavy atom. The van der Waals surface area contributed by atoms with Gasteiger partial charge in [0.2, 0.25) is 0 Å². The second-order valence-electron chi connectivity index (χ2n) is 5.38. The Morgan fingerprint density at radius 1 is 1.26 bits per heavy atom. The van der Waals surface area contributed by atoms with Gasteiger partial charge in [0.1, 0.15) is 10.8 Å². The van der Waals surface area contributed by atoms with E-state index < -0.39 is 0 Å². The van der Waals surface area contributed by atoms with Crippen LogP contribution in [0.15, 0.2) is 16.6 Å². The Hall–Kier alpha value is -1.14. The van der Waals surface area contributed by atoms with Crippen LogP contribution in [-0.2, 0) is 11.2 Å². The molecule has 4 nitrogen and oxygen atoms in total. The Bertz CT molecular complexity index is 552. The minimum atomic E-state index is 0.101. The summed E-state index contributed by atoms with van der Waals surface area (Å²) in [4.78, 5) is 13.2. The molecule has 0 aromatic carbocycles. The van der Waals surface area contributed by atoms with E-state index in [0.717, 1.165) is 22.1 Å². The van der Waals surface area contributed by atoms with Gasteiger partial charge in [-0.25, -0.2) is 15.0 Å². The van der Waals surface area contributed by atoms with Gasteiger partial charge < -0.3 is 5.73 Å². The highest BCUT2D eigenvalue weighted by Crippen LogP contribution is 2.27. The summed E-state index contributed by atoms with van der Waals surface area (Å²) in [5.41, 5.74) is 7.84. The number of anilines is 1. The fraction of sp³-hybridized carbons (Fsp3) is 0.462. The zero-order valence-corrected chi connectivity index (χ0v) is 13.2. The van der Waals surface area contributed by atoms with Gasteiger partial charge in [-0.2, -0.15) is 0 Å². The van der Waals surface area contributed by atoms with Gasteiger partial charge in [-0.3, -0.25) is 0 Å². The summed E-state index contributed by atoms with van der Waals surface area (Å²) in [5, 5.41) is 3.94. The molecule has 0 aliphatic heterocycles. The summed E-state index contributed by atoms with van der Waals surface area (Å²) < 4.78 is 0. The van der Waals surface area contributed by atoms with Crippen molar-refractivity contribution < 1.29 is 0 Å². The second kappa shape index (κ2) is 5.46. The Kier molecular flexibility index (Phi) is 4.10. The highest BCUT2D eigenvalue weighted by molar-refractivity contribution is 7.98. The molecule has 0 bridgehead atoms. The normalized spacial score (nSPS) is 11.8. The van der Waals surface area contributed by atoms with Crippen LogP contribution in [-0.4, -0.2) is 15.0 Å². The van der Waals surface area contributed by atoms with E-state index in [-0.39, 0.29) is 5.41 Å². The van der Waals surface area contributed by atoms with Gasteiger partial charge in [0.25, 0.3) is 0 Å². The molecule has 0 aliphatic rings. The van der Waals surface area contributed by atoms with Crippen LogP contribution in [0.3, 0.4) is 0 Å². The number of thiazole rings is 1. The van der Waals surface area contributed by atoms with Crippen LogP contribution in [0, 0.1) is 6.92 Å². The van der Waals surface area contributed by atoms with Crippen LogP contribution in [0.25, 0.3) is 0 Å². The Morgan fingerprint density at radius 3 is 2.58 bits per heavy atom. The van der Waals surface area contributed by atoms with E-state index in [0.29, 0.717) is 11.0 Å². The van der Waals surface area contributed by atoms with Gasteiger partial charge in [-0.1, -0.05) is 32.5 Å². The molecule has 19 heavy (non-hydrogen) atoms. The molecule has 2 aromatic heterocycles. The standard InChI is InChI=1S/C13H18N4S2/c1-8-5-10(14)17-12(15-8)19-7-11-16-9(6-18-11)13(2,3)4/h5-6H,7H2,1-4H3,(H2,14,15,17). The lowest BCUT2D eigenvalue weighted by molar-refractivity contribution is 0.572. The number of hydrogen-bond acceptors (Lipinski definition) is 6. The fourth-order valence-corrected chi connectivity index (χ4v) is 3.43. The lowest BCUT2D eigenvalue weighted by Gasteiger charge is -2.14. The number of nitrogens with zero attached hydrogens (tertiary/aromatic N) is 3. The van der Waals surface area contributed by atoms with Crippen molar-refractivity contribution >= 4 is 28.9 Å². The van der Waals surface area contributed by atoms with Crippen LogP contribution in [0.2, 0.25) is 0 Å². The van der Waals surface area contributed by atoms with Crippen LogP contribution < -0.4 is 5.73 Å². The maximum Gasteiger partial charge on any atom is 0.190 e. The van der Waals surface area contributed by atoms with E-state index in [1.165, 1.54) is 0 Å². The van der Waals surface area contributed by atoms with Gasteiger partial charge >= 0.3 is 0 Å². The van der Waals surface area contributed by atoms with E-state index in [1.807, 2.05) is 6.92 Å². The third kappa shape index (κ3) is 3.91. The molecular formula is C13H18N4S2. The summed E-state index contributed by atoms with van der Waals surface area (Å²) in [5.74, 6) is 1.30. The predicted octanol–water partition coefficient (Wildman–Crippen LogP) is 3.41. The molecule has 6 heteroatoms. The van der Waals surface area contributed by atoms with E-state index in [9.17, 15) is 0 Å². The first kappa shape index (κ1) is 14.3. The summed E-state index contributed by atoms with van der Waals surface area (Å²) in [6.07, 6.45) is 0. The van der Waals surface area contributed by atoms with Gasteiger partial charge in [-0.05, 0) is 6.92 Å². The molecule has 2 rings (SSSR count). The molecule has 0 aliphatic carbocycles. The molecule has 0 unspecified atom stereocenters. The third-order valence-corrected chi connectivity index (χ3v) is 4.39. The smallest absolute Gasteiger partial charge is 0.190 e. The predicted molar refractivity (Wildman–Crippen MR) is 81.6 cm³/mol. The maximum atomic E-state index is 5.71. The Labute approximate surface area is 121 Å². The van der Waals surface area contributed by atoms with Crippen molar-refractivity contribution in [2.45, 2.75) is 44.0 Å². The minimum Gasteiger partial charge on any atom is -0.384 e. The molecule has 0 radical (unpaired) electrons. The molecule has 2 N–H and O–H groups in total. The zero-order valence-electron chi connectivity index (χ0n) is 11.6.